The summed E-state index contributed by atoms with van der Waals surface area (Å²) >= 11 is 0. The Morgan fingerprint density at radius 3 is 1.53 bits per heavy atom. The first-order chi connectivity index (χ1) is 27.4. The first-order valence-electron chi connectivity index (χ1n) is 19.3. The molecule has 0 saturated heterocycles. The van der Waals surface area contributed by atoms with E-state index >= 15 is 0 Å². The van der Waals surface area contributed by atoms with E-state index in [4.69, 9.17) is 0 Å². The van der Waals surface area contributed by atoms with E-state index in [0.29, 0.717) is 24.2 Å². The Hall–Kier alpha value is -4.99. The van der Waals surface area contributed by atoms with E-state index in [9.17, 15) is 17.6 Å². The van der Waals surface area contributed by atoms with Gasteiger partial charge < -0.3 is 19.8 Å². The first-order valence-corrected chi connectivity index (χ1v) is 19.3. The second-order valence-electron chi connectivity index (χ2n) is 16.6. The van der Waals surface area contributed by atoms with Gasteiger partial charge in [0, 0.05) is 54.8 Å². The minimum absolute atomic E-state index is 0. The summed E-state index contributed by atoms with van der Waals surface area (Å²) in [5.41, 5.74) is 7.32. The van der Waals surface area contributed by atoms with Crippen molar-refractivity contribution in [3.63, 3.8) is 0 Å². The second kappa shape index (κ2) is 18.5. The van der Waals surface area contributed by atoms with Crippen molar-refractivity contribution in [1.82, 2.24) is 19.9 Å². The SMILES string of the molecule is CC(C)(C)c1cc(CCCCc2cc(C(C)(C)C)cc(-c3[c-]cc(F)cc3F)n2)nc(-c2[c-]cc(F)cc2F)c1.Cc1nc2c(nc1C)N(c1[c-]cccc1)[CH-]N2C.[Ir]. The Labute approximate surface area is 359 Å². The summed E-state index contributed by atoms with van der Waals surface area (Å²) in [6.07, 6.45) is 2.91. The quantitative estimate of drug-likeness (QED) is 0.0860. The van der Waals surface area contributed by atoms with Crippen molar-refractivity contribution in [2.75, 3.05) is 16.8 Å². The number of rotatable bonds is 8. The molecule has 11 heteroatoms. The minimum atomic E-state index is -0.694. The molecular weight excluding hydrogens is 929 g/mol. The zero-order chi connectivity index (χ0) is 41.9. The number of aromatic nitrogens is 4. The van der Waals surface area contributed by atoms with Crippen LogP contribution in [0.25, 0.3) is 22.5 Å². The fourth-order valence-electron chi connectivity index (χ4n) is 6.42. The summed E-state index contributed by atoms with van der Waals surface area (Å²) in [6.45, 7) is 18.4. The number of fused-ring (bicyclic) bond motifs is 1. The molecule has 1 aliphatic heterocycles. The van der Waals surface area contributed by atoms with Crippen LogP contribution in [-0.2, 0) is 43.8 Å². The maximum absolute atomic E-state index is 14.5. The zero-order valence-electron chi connectivity index (χ0n) is 34.9. The van der Waals surface area contributed by atoms with Gasteiger partial charge in [-0.15, -0.1) is 36.6 Å². The summed E-state index contributed by atoms with van der Waals surface area (Å²) < 4.78 is 56.0. The summed E-state index contributed by atoms with van der Waals surface area (Å²) in [7, 11) is 1.98. The predicted molar refractivity (Wildman–Crippen MR) is 223 cm³/mol. The van der Waals surface area contributed by atoms with Gasteiger partial charge in [0.15, 0.2) is 0 Å². The van der Waals surface area contributed by atoms with Crippen molar-refractivity contribution >= 4 is 17.3 Å². The van der Waals surface area contributed by atoms with Gasteiger partial charge in [0.25, 0.3) is 0 Å². The molecule has 0 saturated carbocycles. The molecular formula is C48H48F4IrN6-4. The molecule has 0 bridgehead atoms. The number of halogens is 4. The smallest absolute Gasteiger partial charge is 0.144 e. The molecule has 3 aromatic heterocycles. The number of pyridine rings is 2. The van der Waals surface area contributed by atoms with Crippen molar-refractivity contribution in [1.29, 1.82) is 0 Å². The second-order valence-corrected chi connectivity index (χ2v) is 16.6. The molecule has 0 unspecified atom stereocenters. The summed E-state index contributed by atoms with van der Waals surface area (Å²) in [5.74, 6) is -1.00. The van der Waals surface area contributed by atoms with Crippen molar-refractivity contribution in [3.05, 3.63) is 155 Å². The molecule has 7 rings (SSSR count). The van der Waals surface area contributed by atoms with Gasteiger partial charge in [-0.25, -0.2) is 9.97 Å². The molecule has 0 spiro atoms. The third kappa shape index (κ3) is 11.0. The molecule has 311 valence electrons. The Bertz CT molecular complexity index is 2290. The maximum Gasteiger partial charge on any atom is 0.144 e. The van der Waals surface area contributed by atoms with Crippen LogP contribution in [0.1, 0.15) is 88.3 Å². The van der Waals surface area contributed by atoms with Gasteiger partial charge in [-0.1, -0.05) is 76.9 Å². The molecule has 1 aliphatic rings. The van der Waals surface area contributed by atoms with Crippen LogP contribution in [0.15, 0.2) is 72.8 Å². The fourth-order valence-corrected chi connectivity index (χ4v) is 6.42. The number of nitrogens with zero attached hydrogens (tertiary/aromatic N) is 6. The Morgan fingerprint density at radius 2 is 1.10 bits per heavy atom. The van der Waals surface area contributed by atoms with Crippen LogP contribution in [-0.4, -0.2) is 27.0 Å². The van der Waals surface area contributed by atoms with E-state index in [1.807, 2.05) is 85.9 Å². The molecule has 4 heterocycles. The van der Waals surface area contributed by atoms with Crippen LogP contribution in [0, 0.1) is 62.0 Å². The van der Waals surface area contributed by atoms with Crippen molar-refractivity contribution < 1.29 is 37.7 Å². The number of benzene rings is 3. The topological polar surface area (TPSA) is 58.0 Å². The van der Waals surface area contributed by atoms with Gasteiger partial charge >= 0.3 is 0 Å². The van der Waals surface area contributed by atoms with E-state index in [2.05, 4.69) is 79.7 Å². The average Bonchev–Trinajstić information content (AvgIpc) is 3.47. The van der Waals surface area contributed by atoms with E-state index in [1.165, 1.54) is 0 Å². The Balaban J connectivity index is 0.000000289. The monoisotopic (exact) mass is 977 g/mol. The normalized spacial score (nSPS) is 12.5. The van der Waals surface area contributed by atoms with Crippen molar-refractivity contribution in [3.8, 4) is 22.5 Å². The Morgan fingerprint density at radius 1 is 0.627 bits per heavy atom. The maximum atomic E-state index is 14.5. The van der Waals surface area contributed by atoms with Crippen molar-refractivity contribution in [2.45, 2.75) is 91.9 Å². The van der Waals surface area contributed by atoms with E-state index in [1.54, 1.807) is 0 Å². The molecule has 6 nitrogen and oxygen atoms in total. The summed E-state index contributed by atoms with van der Waals surface area (Å²) in [6, 6.07) is 28.1. The summed E-state index contributed by atoms with van der Waals surface area (Å²) in [5, 5.41) is 0. The average molecular weight is 977 g/mol. The van der Waals surface area contributed by atoms with Crippen LogP contribution < -0.4 is 9.80 Å². The molecule has 1 radical (unpaired) electrons. The molecule has 0 fully saturated rings. The number of hydrogen-bond donors (Lipinski definition) is 0. The third-order valence-electron chi connectivity index (χ3n) is 9.91. The van der Waals surface area contributed by atoms with Gasteiger partial charge in [-0.3, -0.25) is 17.6 Å². The molecule has 0 amide bonds. The molecule has 59 heavy (non-hydrogen) atoms. The fraction of sp³-hybridized carbons (Fsp3) is 0.312. The van der Waals surface area contributed by atoms with Gasteiger partial charge in [-0.2, -0.15) is 30.3 Å². The van der Waals surface area contributed by atoms with Crippen LogP contribution in [0.5, 0.6) is 0 Å². The van der Waals surface area contributed by atoms with Gasteiger partial charge in [0.1, 0.15) is 11.6 Å². The number of unbranched alkanes of at least 4 members (excludes halogenated alkanes) is 1. The number of aryl methyl sites for hydroxylation is 4. The number of para-hydroxylation sites is 1. The van der Waals surface area contributed by atoms with Crippen LogP contribution in [0.3, 0.4) is 0 Å². The third-order valence-corrected chi connectivity index (χ3v) is 9.91. The van der Waals surface area contributed by atoms with E-state index in [0.717, 1.165) is 88.3 Å². The molecule has 0 atom stereocenters. The molecule has 3 aromatic carbocycles. The van der Waals surface area contributed by atoms with Crippen LogP contribution >= 0.6 is 0 Å². The summed E-state index contributed by atoms with van der Waals surface area (Å²) in [4.78, 5) is 22.6. The van der Waals surface area contributed by atoms with Gasteiger partial charge in [-0.05, 0) is 92.1 Å². The minimum Gasteiger partial charge on any atom is -0.487 e. The van der Waals surface area contributed by atoms with Crippen LogP contribution in [0.4, 0.5) is 34.9 Å². The van der Waals surface area contributed by atoms with Crippen molar-refractivity contribution in [2.24, 2.45) is 0 Å². The zero-order valence-corrected chi connectivity index (χ0v) is 37.3. The number of hydrogen-bond acceptors (Lipinski definition) is 6. The van der Waals surface area contributed by atoms with E-state index < -0.39 is 23.3 Å². The first kappa shape index (κ1) is 45.1. The molecule has 0 aliphatic carbocycles. The molecule has 0 N–H and O–H groups in total. The predicted octanol–water partition coefficient (Wildman–Crippen LogP) is 11.7. The Kier molecular flexibility index (Phi) is 14.2. The largest absolute Gasteiger partial charge is 0.487 e. The molecule has 6 aromatic rings. The standard InChI is InChI=1S/C34H34F4N2.C14H14N4.Ir/c1-33(2,3)21-15-25(39-31(17-21)27-13-11-23(35)19-29(27)37)9-7-8-10-26-16-22(34(4,5)6)18-32(40-26)28-14-12-24(36)20-30(28)38;1-10-11(2)16-14-13(15-10)17(3)9-18(14)12-7-5-4-6-8-12;/h11-12,15-20H,7-10H2,1-6H3;4-7,9H,1-3H3;/q2*-2;. The van der Waals surface area contributed by atoms with E-state index in [-0.39, 0.29) is 42.1 Å². The van der Waals surface area contributed by atoms with Gasteiger partial charge in [0.05, 0.1) is 11.4 Å². The van der Waals surface area contributed by atoms with Gasteiger partial charge in [0.2, 0.25) is 0 Å². The number of anilines is 3. The van der Waals surface area contributed by atoms with Crippen LogP contribution in [0.2, 0.25) is 0 Å².